The summed E-state index contributed by atoms with van der Waals surface area (Å²) in [6.07, 6.45) is 7.02. The lowest BCUT2D eigenvalue weighted by atomic mass is 9.90. The van der Waals surface area contributed by atoms with E-state index in [1.54, 1.807) is 0 Å². The maximum atomic E-state index is 5.96. The molecule has 2 fully saturated rings. The molecule has 2 heteroatoms. The van der Waals surface area contributed by atoms with E-state index in [0.29, 0.717) is 6.04 Å². The van der Waals surface area contributed by atoms with Crippen LogP contribution in [0.25, 0.3) is 0 Å². The third-order valence-corrected chi connectivity index (χ3v) is 4.18. The van der Waals surface area contributed by atoms with Gasteiger partial charge >= 0.3 is 0 Å². The Morgan fingerprint density at radius 1 is 1.20 bits per heavy atom. The summed E-state index contributed by atoms with van der Waals surface area (Å²) in [7, 11) is 0. The van der Waals surface area contributed by atoms with Crippen molar-refractivity contribution < 1.29 is 0 Å². The van der Waals surface area contributed by atoms with Crippen LogP contribution >= 0.6 is 0 Å². The van der Waals surface area contributed by atoms with Gasteiger partial charge in [-0.15, -0.1) is 0 Å². The van der Waals surface area contributed by atoms with Gasteiger partial charge in [-0.3, -0.25) is 4.90 Å². The number of nitrogens with two attached hydrogens (primary N) is 1. The maximum Gasteiger partial charge on any atom is 0.0166 e. The molecule has 0 aromatic rings. The molecule has 0 spiro atoms. The normalized spacial score (nSPS) is 34.4. The fraction of sp³-hybridized carbons (Fsp3) is 1.00. The standard InChI is InChI=1S/C13H26N2/c1-10(2)15-8-4-3-5-12(9-14)13(15)11-6-7-11/h10-13H,3-9,14H2,1-2H3/t12-,13-/m1/s1. The molecule has 0 aromatic carbocycles. The molecule has 1 heterocycles. The van der Waals surface area contributed by atoms with Gasteiger partial charge < -0.3 is 5.73 Å². The summed E-state index contributed by atoms with van der Waals surface area (Å²) in [4.78, 5) is 2.74. The van der Waals surface area contributed by atoms with E-state index in [-0.39, 0.29) is 0 Å². The summed E-state index contributed by atoms with van der Waals surface area (Å²) < 4.78 is 0. The Bertz CT molecular complexity index is 199. The van der Waals surface area contributed by atoms with Gasteiger partial charge in [-0.2, -0.15) is 0 Å². The monoisotopic (exact) mass is 210 g/mol. The van der Waals surface area contributed by atoms with Crippen LogP contribution in [0.3, 0.4) is 0 Å². The van der Waals surface area contributed by atoms with Gasteiger partial charge in [0, 0.05) is 12.1 Å². The van der Waals surface area contributed by atoms with Crippen LogP contribution in [0.4, 0.5) is 0 Å². The minimum atomic E-state index is 0.697. The van der Waals surface area contributed by atoms with Crippen LogP contribution in [0.1, 0.15) is 46.0 Å². The Labute approximate surface area is 94.2 Å². The highest BCUT2D eigenvalue weighted by Gasteiger charge is 2.41. The zero-order valence-electron chi connectivity index (χ0n) is 10.3. The van der Waals surface area contributed by atoms with Crippen molar-refractivity contribution in [3.8, 4) is 0 Å². The molecule has 2 N–H and O–H groups in total. The molecule has 2 rings (SSSR count). The molecule has 2 nitrogen and oxygen atoms in total. The topological polar surface area (TPSA) is 29.3 Å². The van der Waals surface area contributed by atoms with E-state index < -0.39 is 0 Å². The minimum Gasteiger partial charge on any atom is -0.330 e. The molecule has 88 valence electrons. The van der Waals surface area contributed by atoms with Crippen molar-refractivity contribution >= 4 is 0 Å². The second kappa shape index (κ2) is 4.84. The van der Waals surface area contributed by atoms with Crippen LogP contribution < -0.4 is 5.73 Å². The van der Waals surface area contributed by atoms with Crippen LogP contribution in [0.2, 0.25) is 0 Å². The molecule has 2 aliphatic rings. The molecular weight excluding hydrogens is 184 g/mol. The smallest absolute Gasteiger partial charge is 0.0166 e. The minimum absolute atomic E-state index is 0.697. The van der Waals surface area contributed by atoms with Gasteiger partial charge in [-0.05, 0) is 64.5 Å². The maximum absolute atomic E-state index is 5.96. The SMILES string of the molecule is CC(C)N1CCCC[C@H](CN)[C@H]1C1CC1. The average Bonchev–Trinajstić information content (AvgIpc) is 3.02. The molecule has 1 saturated carbocycles. The molecule has 1 aliphatic carbocycles. The molecule has 0 bridgehead atoms. The van der Waals surface area contributed by atoms with Crippen molar-refractivity contribution in [1.29, 1.82) is 0 Å². The van der Waals surface area contributed by atoms with Crippen molar-refractivity contribution in [2.45, 2.75) is 58.0 Å². The molecule has 1 saturated heterocycles. The first-order chi connectivity index (χ1) is 7.24. The molecule has 0 aromatic heterocycles. The third kappa shape index (κ3) is 2.54. The van der Waals surface area contributed by atoms with E-state index in [0.717, 1.165) is 24.4 Å². The molecule has 1 aliphatic heterocycles. The highest BCUT2D eigenvalue weighted by molar-refractivity contribution is 4.95. The van der Waals surface area contributed by atoms with Crippen molar-refractivity contribution in [2.24, 2.45) is 17.6 Å². The van der Waals surface area contributed by atoms with Crippen LogP contribution in [-0.2, 0) is 0 Å². The van der Waals surface area contributed by atoms with Crippen molar-refractivity contribution in [2.75, 3.05) is 13.1 Å². The molecule has 2 atom stereocenters. The first-order valence-electron chi connectivity index (χ1n) is 6.70. The van der Waals surface area contributed by atoms with Crippen LogP contribution in [0.5, 0.6) is 0 Å². The zero-order chi connectivity index (χ0) is 10.8. The second-order valence-electron chi connectivity index (χ2n) is 5.65. The van der Waals surface area contributed by atoms with Gasteiger partial charge in [0.15, 0.2) is 0 Å². The first-order valence-corrected chi connectivity index (χ1v) is 6.70. The Morgan fingerprint density at radius 2 is 1.93 bits per heavy atom. The predicted octanol–water partition coefficient (Wildman–Crippen LogP) is 2.23. The number of rotatable bonds is 3. The van der Waals surface area contributed by atoms with E-state index in [4.69, 9.17) is 5.73 Å². The van der Waals surface area contributed by atoms with Gasteiger partial charge in [-0.1, -0.05) is 6.42 Å². The molecule has 15 heavy (non-hydrogen) atoms. The van der Waals surface area contributed by atoms with Gasteiger partial charge in [0.2, 0.25) is 0 Å². The lowest BCUT2D eigenvalue weighted by Gasteiger charge is -2.37. The van der Waals surface area contributed by atoms with Crippen molar-refractivity contribution in [3.05, 3.63) is 0 Å². The number of hydrogen-bond acceptors (Lipinski definition) is 2. The van der Waals surface area contributed by atoms with Gasteiger partial charge in [0.1, 0.15) is 0 Å². The first kappa shape index (κ1) is 11.4. The van der Waals surface area contributed by atoms with Gasteiger partial charge in [0.05, 0.1) is 0 Å². The Morgan fingerprint density at radius 3 is 2.47 bits per heavy atom. The van der Waals surface area contributed by atoms with Crippen molar-refractivity contribution in [3.63, 3.8) is 0 Å². The highest BCUT2D eigenvalue weighted by Crippen LogP contribution is 2.41. The van der Waals surface area contributed by atoms with Gasteiger partial charge in [0.25, 0.3) is 0 Å². The van der Waals surface area contributed by atoms with Crippen molar-refractivity contribution in [1.82, 2.24) is 4.90 Å². The summed E-state index contributed by atoms with van der Waals surface area (Å²) in [5.74, 6) is 1.74. The fourth-order valence-electron chi connectivity index (χ4n) is 3.24. The summed E-state index contributed by atoms with van der Waals surface area (Å²) in [6, 6.07) is 1.50. The Kier molecular flexibility index (Phi) is 3.68. The lowest BCUT2D eigenvalue weighted by Crippen LogP contribution is -2.47. The molecule has 0 unspecified atom stereocenters. The van der Waals surface area contributed by atoms with Crippen LogP contribution in [0, 0.1) is 11.8 Å². The molecular formula is C13H26N2. The van der Waals surface area contributed by atoms with E-state index >= 15 is 0 Å². The van der Waals surface area contributed by atoms with E-state index in [1.807, 2.05) is 0 Å². The number of hydrogen-bond donors (Lipinski definition) is 1. The third-order valence-electron chi connectivity index (χ3n) is 4.18. The summed E-state index contributed by atoms with van der Waals surface area (Å²) in [5.41, 5.74) is 5.96. The lowest BCUT2D eigenvalue weighted by molar-refractivity contribution is 0.104. The summed E-state index contributed by atoms with van der Waals surface area (Å²) >= 11 is 0. The Hall–Kier alpha value is -0.0800. The predicted molar refractivity (Wildman–Crippen MR) is 64.7 cm³/mol. The van der Waals surface area contributed by atoms with Gasteiger partial charge in [-0.25, -0.2) is 0 Å². The Balaban J connectivity index is 2.10. The quantitative estimate of drug-likeness (QED) is 0.774. The van der Waals surface area contributed by atoms with Crippen LogP contribution in [0.15, 0.2) is 0 Å². The van der Waals surface area contributed by atoms with E-state index in [1.165, 1.54) is 38.6 Å². The van der Waals surface area contributed by atoms with E-state index in [2.05, 4.69) is 18.7 Å². The summed E-state index contributed by atoms with van der Waals surface area (Å²) in [5, 5.41) is 0. The van der Waals surface area contributed by atoms with Crippen LogP contribution in [-0.4, -0.2) is 30.1 Å². The zero-order valence-corrected chi connectivity index (χ0v) is 10.3. The highest BCUT2D eigenvalue weighted by atomic mass is 15.2. The fourth-order valence-corrected chi connectivity index (χ4v) is 3.24. The number of likely N-dealkylation sites (tertiary alicyclic amines) is 1. The molecule has 0 amide bonds. The second-order valence-corrected chi connectivity index (χ2v) is 5.65. The average molecular weight is 210 g/mol. The molecule has 0 radical (unpaired) electrons. The largest absolute Gasteiger partial charge is 0.330 e. The summed E-state index contributed by atoms with van der Waals surface area (Å²) in [6.45, 7) is 6.88. The van der Waals surface area contributed by atoms with E-state index in [9.17, 15) is 0 Å². The number of nitrogens with zero attached hydrogens (tertiary/aromatic N) is 1.